The van der Waals surface area contributed by atoms with Gasteiger partial charge in [0.15, 0.2) is 9.84 Å². The van der Waals surface area contributed by atoms with Gasteiger partial charge in [-0.3, -0.25) is 0 Å². The second kappa shape index (κ2) is 6.42. The van der Waals surface area contributed by atoms with E-state index in [0.29, 0.717) is 18.2 Å². The lowest BCUT2D eigenvalue weighted by Crippen LogP contribution is -2.24. The maximum Gasteiger partial charge on any atom is 0.216 e. The van der Waals surface area contributed by atoms with Crippen LogP contribution in [0.1, 0.15) is 5.56 Å². The van der Waals surface area contributed by atoms with Crippen molar-refractivity contribution in [3.63, 3.8) is 0 Å². The molecule has 0 radical (unpaired) electrons. The summed E-state index contributed by atoms with van der Waals surface area (Å²) in [5.41, 5.74) is 0.858. The maximum atomic E-state index is 12.5. The van der Waals surface area contributed by atoms with Gasteiger partial charge in [-0.15, -0.1) is 0 Å². The molecule has 0 N–H and O–H groups in total. The largest absolute Gasteiger partial charge is 0.497 e. The number of methoxy groups -OCH3 is 1. The van der Waals surface area contributed by atoms with Gasteiger partial charge >= 0.3 is 0 Å². The van der Waals surface area contributed by atoms with Crippen molar-refractivity contribution in [3.8, 4) is 5.75 Å². The minimum atomic E-state index is -3.43. The smallest absolute Gasteiger partial charge is 0.216 e. The first-order chi connectivity index (χ1) is 11.1. The van der Waals surface area contributed by atoms with E-state index < -0.39 is 15.9 Å². The molecule has 6 heteroatoms. The van der Waals surface area contributed by atoms with E-state index in [0.717, 1.165) is 5.56 Å². The molecule has 3 rings (SSSR count). The standard InChI is InChI=1S/C17H17NO4S/c1-21-14-7-9-16(10-8-14)23(19,20)12-15-11-18-17(22-15)13-5-3-2-4-6-13/h2-10,15H,11-12H2,1H3. The van der Waals surface area contributed by atoms with Crippen molar-refractivity contribution in [2.24, 2.45) is 4.99 Å². The van der Waals surface area contributed by atoms with Crippen LogP contribution in [-0.2, 0) is 14.6 Å². The number of rotatable bonds is 5. The summed E-state index contributed by atoms with van der Waals surface area (Å²) in [7, 11) is -1.89. The Kier molecular flexibility index (Phi) is 4.34. The van der Waals surface area contributed by atoms with E-state index in [1.54, 1.807) is 31.4 Å². The number of nitrogens with zero attached hydrogens (tertiary/aromatic N) is 1. The van der Waals surface area contributed by atoms with Gasteiger partial charge in [-0.1, -0.05) is 18.2 Å². The molecule has 1 aliphatic rings. The maximum absolute atomic E-state index is 12.5. The molecule has 120 valence electrons. The van der Waals surface area contributed by atoms with E-state index in [1.165, 1.54) is 0 Å². The highest BCUT2D eigenvalue weighted by atomic mass is 32.2. The predicted octanol–water partition coefficient (Wildman–Crippen LogP) is 2.31. The average molecular weight is 331 g/mol. The van der Waals surface area contributed by atoms with E-state index in [2.05, 4.69) is 4.99 Å². The van der Waals surface area contributed by atoms with E-state index >= 15 is 0 Å². The van der Waals surface area contributed by atoms with Crippen LogP contribution in [0.3, 0.4) is 0 Å². The third kappa shape index (κ3) is 3.53. The van der Waals surface area contributed by atoms with Crippen LogP contribution < -0.4 is 4.74 Å². The Morgan fingerprint density at radius 3 is 2.48 bits per heavy atom. The number of benzene rings is 2. The minimum absolute atomic E-state index is 0.0981. The van der Waals surface area contributed by atoms with Gasteiger partial charge in [0, 0.05) is 5.56 Å². The Morgan fingerprint density at radius 2 is 1.83 bits per heavy atom. The summed E-state index contributed by atoms with van der Waals surface area (Å²) in [6.45, 7) is 0.347. The lowest BCUT2D eigenvalue weighted by molar-refractivity contribution is 0.248. The molecule has 0 bridgehead atoms. The Labute approximate surface area is 135 Å². The monoisotopic (exact) mass is 331 g/mol. The fourth-order valence-electron chi connectivity index (χ4n) is 2.37. The quantitative estimate of drug-likeness (QED) is 0.843. The van der Waals surface area contributed by atoms with Crippen molar-refractivity contribution in [2.45, 2.75) is 11.0 Å². The number of hydrogen-bond acceptors (Lipinski definition) is 5. The Hall–Kier alpha value is -2.34. The van der Waals surface area contributed by atoms with Gasteiger partial charge in [0.05, 0.1) is 24.3 Å². The number of hydrogen-bond donors (Lipinski definition) is 0. The van der Waals surface area contributed by atoms with Crippen LogP contribution >= 0.6 is 0 Å². The molecule has 0 aliphatic carbocycles. The predicted molar refractivity (Wildman–Crippen MR) is 87.8 cm³/mol. The zero-order valence-electron chi connectivity index (χ0n) is 12.7. The normalized spacial score (nSPS) is 17.4. The summed E-state index contributed by atoms with van der Waals surface area (Å²) >= 11 is 0. The molecule has 2 aromatic rings. The zero-order valence-corrected chi connectivity index (χ0v) is 13.5. The summed E-state index contributed by atoms with van der Waals surface area (Å²) < 4.78 is 35.7. The molecule has 5 nitrogen and oxygen atoms in total. The van der Waals surface area contributed by atoms with E-state index in [9.17, 15) is 8.42 Å². The van der Waals surface area contributed by atoms with Gasteiger partial charge in [-0.25, -0.2) is 13.4 Å². The van der Waals surface area contributed by atoms with Crippen molar-refractivity contribution in [3.05, 3.63) is 60.2 Å². The fraction of sp³-hybridized carbons (Fsp3) is 0.235. The molecule has 0 saturated carbocycles. The summed E-state index contributed by atoms with van der Waals surface area (Å²) in [6.07, 6.45) is -0.461. The lowest BCUT2D eigenvalue weighted by Gasteiger charge is -2.12. The van der Waals surface area contributed by atoms with Crippen LogP contribution in [0, 0.1) is 0 Å². The van der Waals surface area contributed by atoms with Crippen LogP contribution in [0.15, 0.2) is 64.5 Å². The van der Waals surface area contributed by atoms with E-state index in [4.69, 9.17) is 9.47 Å². The zero-order chi connectivity index (χ0) is 16.3. The fourth-order valence-corrected chi connectivity index (χ4v) is 3.77. The van der Waals surface area contributed by atoms with Crippen molar-refractivity contribution in [1.29, 1.82) is 0 Å². The van der Waals surface area contributed by atoms with Crippen molar-refractivity contribution in [2.75, 3.05) is 19.4 Å². The van der Waals surface area contributed by atoms with Gasteiger partial charge in [-0.05, 0) is 36.4 Å². The molecular formula is C17H17NO4S. The molecule has 1 unspecified atom stereocenters. The Balaban J connectivity index is 1.68. The van der Waals surface area contributed by atoms with Crippen LogP contribution in [-0.4, -0.2) is 39.8 Å². The SMILES string of the molecule is COc1ccc(S(=O)(=O)CC2CN=C(c3ccccc3)O2)cc1. The molecule has 1 heterocycles. The van der Waals surface area contributed by atoms with Crippen LogP contribution in [0.5, 0.6) is 5.75 Å². The number of ether oxygens (including phenoxy) is 2. The Bertz CT molecular complexity index is 798. The number of aliphatic imine (C=N–C) groups is 1. The third-order valence-corrected chi connectivity index (χ3v) is 5.36. The molecule has 2 aromatic carbocycles. The first-order valence-corrected chi connectivity index (χ1v) is 8.87. The van der Waals surface area contributed by atoms with Crippen molar-refractivity contribution in [1.82, 2.24) is 0 Å². The molecule has 0 fully saturated rings. The third-order valence-electron chi connectivity index (χ3n) is 3.56. The molecule has 1 atom stereocenters. The van der Waals surface area contributed by atoms with Gasteiger partial charge in [0.1, 0.15) is 11.9 Å². The lowest BCUT2D eigenvalue weighted by atomic mass is 10.2. The molecule has 1 aliphatic heterocycles. The van der Waals surface area contributed by atoms with Crippen LogP contribution in [0.2, 0.25) is 0 Å². The molecule has 0 spiro atoms. The van der Waals surface area contributed by atoms with E-state index in [1.807, 2.05) is 30.3 Å². The summed E-state index contributed by atoms with van der Waals surface area (Å²) in [6, 6.07) is 15.8. The minimum Gasteiger partial charge on any atom is -0.497 e. The Morgan fingerprint density at radius 1 is 1.13 bits per heavy atom. The van der Waals surface area contributed by atoms with Crippen LogP contribution in [0.4, 0.5) is 0 Å². The van der Waals surface area contributed by atoms with Crippen LogP contribution in [0.25, 0.3) is 0 Å². The second-order valence-electron chi connectivity index (χ2n) is 5.21. The molecular weight excluding hydrogens is 314 g/mol. The first-order valence-electron chi connectivity index (χ1n) is 7.22. The first kappa shape index (κ1) is 15.6. The van der Waals surface area contributed by atoms with Crippen molar-refractivity contribution >= 4 is 15.7 Å². The van der Waals surface area contributed by atoms with Gasteiger partial charge in [0.25, 0.3) is 0 Å². The van der Waals surface area contributed by atoms with Gasteiger partial charge in [-0.2, -0.15) is 0 Å². The molecule has 0 saturated heterocycles. The molecule has 0 aromatic heterocycles. The highest BCUT2D eigenvalue weighted by molar-refractivity contribution is 7.91. The average Bonchev–Trinajstić information content (AvgIpc) is 3.03. The second-order valence-corrected chi connectivity index (χ2v) is 7.24. The summed E-state index contributed by atoms with van der Waals surface area (Å²) in [5, 5.41) is 0. The summed E-state index contributed by atoms with van der Waals surface area (Å²) in [4.78, 5) is 4.56. The molecule has 0 amide bonds. The summed E-state index contributed by atoms with van der Waals surface area (Å²) in [5.74, 6) is 1.02. The van der Waals surface area contributed by atoms with Gasteiger partial charge < -0.3 is 9.47 Å². The number of sulfone groups is 1. The van der Waals surface area contributed by atoms with Crippen molar-refractivity contribution < 1.29 is 17.9 Å². The van der Waals surface area contributed by atoms with E-state index in [-0.39, 0.29) is 10.6 Å². The highest BCUT2D eigenvalue weighted by Gasteiger charge is 2.27. The highest BCUT2D eigenvalue weighted by Crippen LogP contribution is 2.20. The topological polar surface area (TPSA) is 65.0 Å². The van der Waals surface area contributed by atoms with Gasteiger partial charge in [0.2, 0.25) is 5.90 Å². The molecule has 23 heavy (non-hydrogen) atoms.